The van der Waals surface area contributed by atoms with E-state index in [0.717, 1.165) is 12.1 Å². The molecule has 92 valence electrons. The van der Waals surface area contributed by atoms with Crippen molar-refractivity contribution in [3.63, 3.8) is 0 Å². The summed E-state index contributed by atoms with van der Waals surface area (Å²) < 4.78 is 52.6. The second-order valence-electron chi connectivity index (χ2n) is 3.91. The zero-order chi connectivity index (χ0) is 12.6. The molecule has 2 nitrogen and oxygen atoms in total. The first-order chi connectivity index (χ1) is 7.83. The Morgan fingerprint density at radius 1 is 1.18 bits per heavy atom. The van der Waals surface area contributed by atoms with Gasteiger partial charge >= 0.3 is 6.36 Å². The lowest BCUT2D eigenvalue weighted by molar-refractivity contribution is -0.274. The summed E-state index contributed by atoms with van der Waals surface area (Å²) in [4.78, 5) is 10.8. The molecule has 0 unspecified atom stereocenters. The van der Waals surface area contributed by atoms with E-state index in [9.17, 15) is 22.4 Å². The Hall–Kier alpha value is -1.59. The summed E-state index contributed by atoms with van der Waals surface area (Å²) in [6.07, 6.45) is -4.36. The molecule has 1 aromatic rings. The number of benzene rings is 1. The highest BCUT2D eigenvalue weighted by atomic mass is 19.4. The summed E-state index contributed by atoms with van der Waals surface area (Å²) in [6, 6.07) is 2.91. The minimum atomic E-state index is -4.85. The Morgan fingerprint density at radius 2 is 1.82 bits per heavy atom. The Balaban J connectivity index is 2.20. The Bertz CT molecular complexity index is 445. The number of alkyl halides is 3. The fourth-order valence-corrected chi connectivity index (χ4v) is 1.74. The minimum absolute atomic E-state index is 0.0255. The molecule has 2 rings (SSSR count). The molecule has 0 heterocycles. The lowest BCUT2D eigenvalue weighted by Crippen LogP contribution is -2.22. The van der Waals surface area contributed by atoms with Crippen molar-refractivity contribution in [2.24, 2.45) is 0 Å². The van der Waals surface area contributed by atoms with Gasteiger partial charge in [0.05, 0.1) is 0 Å². The zero-order valence-electron chi connectivity index (χ0n) is 8.55. The van der Waals surface area contributed by atoms with Crippen LogP contribution in [0.5, 0.6) is 5.75 Å². The summed E-state index contributed by atoms with van der Waals surface area (Å²) in [7, 11) is 0. The van der Waals surface area contributed by atoms with E-state index in [2.05, 4.69) is 4.74 Å². The van der Waals surface area contributed by atoms with Gasteiger partial charge in [-0.05, 0) is 23.6 Å². The Labute approximate surface area is 94.2 Å². The first kappa shape index (κ1) is 11.9. The zero-order valence-corrected chi connectivity index (χ0v) is 8.55. The quantitative estimate of drug-likeness (QED) is 0.751. The molecule has 0 bridgehead atoms. The third-order valence-electron chi connectivity index (χ3n) is 2.55. The molecule has 17 heavy (non-hydrogen) atoms. The van der Waals surface area contributed by atoms with Gasteiger partial charge in [0, 0.05) is 18.9 Å². The first-order valence-electron chi connectivity index (χ1n) is 4.91. The molecule has 1 aliphatic carbocycles. The van der Waals surface area contributed by atoms with Gasteiger partial charge in [-0.15, -0.1) is 13.2 Å². The number of Topliss-reactive ketones (excluding diaryl/α,β-unsaturated/α-hetero) is 1. The molecule has 0 aliphatic heterocycles. The SMILES string of the molecule is O=C1CC(c2cc(F)cc(OC(F)(F)F)c2)C1. The molecule has 6 heteroatoms. The van der Waals surface area contributed by atoms with Crippen LogP contribution >= 0.6 is 0 Å². The molecule has 0 aromatic heterocycles. The third kappa shape index (κ3) is 2.95. The van der Waals surface area contributed by atoms with Crippen LogP contribution in [-0.4, -0.2) is 12.1 Å². The molecule has 1 fully saturated rings. The monoisotopic (exact) mass is 248 g/mol. The molecular formula is C11H8F4O2. The predicted molar refractivity (Wildman–Crippen MR) is 50.1 cm³/mol. The number of ether oxygens (including phenoxy) is 1. The molecule has 1 aromatic carbocycles. The van der Waals surface area contributed by atoms with Crippen molar-refractivity contribution >= 4 is 5.78 Å². The van der Waals surface area contributed by atoms with Gasteiger partial charge in [-0.1, -0.05) is 0 Å². The highest BCUT2D eigenvalue weighted by Crippen LogP contribution is 2.36. The Kier molecular flexibility index (Phi) is 2.81. The molecule has 0 saturated heterocycles. The van der Waals surface area contributed by atoms with Gasteiger partial charge in [0.15, 0.2) is 0 Å². The fraction of sp³-hybridized carbons (Fsp3) is 0.364. The van der Waals surface area contributed by atoms with E-state index < -0.39 is 17.9 Å². The standard InChI is InChI=1S/C11H8F4O2/c12-8-1-6(7-2-9(16)3-7)4-10(5-8)17-11(13,14)15/h1,4-5,7H,2-3H2. The molecule has 0 N–H and O–H groups in total. The van der Waals surface area contributed by atoms with E-state index in [1.54, 1.807) is 0 Å². The molecule has 0 radical (unpaired) electrons. The van der Waals surface area contributed by atoms with Crippen LogP contribution in [-0.2, 0) is 4.79 Å². The average molecular weight is 248 g/mol. The van der Waals surface area contributed by atoms with Crippen molar-refractivity contribution in [2.75, 3.05) is 0 Å². The van der Waals surface area contributed by atoms with Gasteiger partial charge < -0.3 is 4.74 Å². The maximum Gasteiger partial charge on any atom is 0.573 e. The van der Waals surface area contributed by atoms with Crippen LogP contribution in [0, 0.1) is 5.82 Å². The molecule has 0 spiro atoms. The van der Waals surface area contributed by atoms with E-state index in [1.165, 1.54) is 0 Å². The van der Waals surface area contributed by atoms with Crippen LogP contribution in [0.3, 0.4) is 0 Å². The van der Waals surface area contributed by atoms with Gasteiger partial charge in [-0.2, -0.15) is 0 Å². The minimum Gasteiger partial charge on any atom is -0.406 e. The summed E-state index contributed by atoms with van der Waals surface area (Å²) in [6.45, 7) is 0. The van der Waals surface area contributed by atoms with Crippen LogP contribution < -0.4 is 4.74 Å². The average Bonchev–Trinajstić information content (AvgIpc) is 2.08. The number of carbonyl (C=O) groups is 1. The predicted octanol–water partition coefficient (Wildman–Crippen LogP) is 3.17. The fourth-order valence-electron chi connectivity index (χ4n) is 1.74. The van der Waals surface area contributed by atoms with Crippen LogP contribution in [0.2, 0.25) is 0 Å². The largest absolute Gasteiger partial charge is 0.573 e. The molecule has 1 saturated carbocycles. The summed E-state index contributed by atoms with van der Waals surface area (Å²) in [5.41, 5.74) is 0.365. The van der Waals surface area contributed by atoms with E-state index in [4.69, 9.17) is 0 Å². The number of rotatable bonds is 2. The highest BCUT2D eigenvalue weighted by Gasteiger charge is 2.33. The van der Waals surface area contributed by atoms with E-state index >= 15 is 0 Å². The van der Waals surface area contributed by atoms with Gasteiger partial charge in [0.25, 0.3) is 0 Å². The van der Waals surface area contributed by atoms with Crippen molar-refractivity contribution in [3.8, 4) is 5.75 Å². The Morgan fingerprint density at radius 3 is 2.35 bits per heavy atom. The number of carbonyl (C=O) groups excluding carboxylic acids is 1. The molecule has 1 aliphatic rings. The first-order valence-corrected chi connectivity index (χ1v) is 4.91. The number of hydrogen-bond acceptors (Lipinski definition) is 2. The molecule has 0 atom stereocenters. The highest BCUT2D eigenvalue weighted by molar-refractivity contribution is 5.86. The van der Waals surface area contributed by atoms with Crippen molar-refractivity contribution in [2.45, 2.75) is 25.1 Å². The normalized spacial score (nSPS) is 16.8. The summed E-state index contributed by atoms with van der Waals surface area (Å²) in [5.74, 6) is -1.57. The van der Waals surface area contributed by atoms with Gasteiger partial charge in [0.1, 0.15) is 17.3 Å². The second-order valence-corrected chi connectivity index (χ2v) is 3.91. The lowest BCUT2D eigenvalue weighted by Gasteiger charge is -2.24. The maximum absolute atomic E-state index is 13.1. The van der Waals surface area contributed by atoms with Crippen molar-refractivity contribution in [1.82, 2.24) is 0 Å². The van der Waals surface area contributed by atoms with Crippen molar-refractivity contribution < 1.29 is 27.1 Å². The van der Waals surface area contributed by atoms with E-state index in [0.29, 0.717) is 11.6 Å². The lowest BCUT2D eigenvalue weighted by atomic mass is 9.79. The van der Waals surface area contributed by atoms with E-state index in [1.807, 2.05) is 0 Å². The second kappa shape index (κ2) is 4.01. The van der Waals surface area contributed by atoms with Gasteiger partial charge in [0.2, 0.25) is 0 Å². The summed E-state index contributed by atoms with van der Waals surface area (Å²) >= 11 is 0. The van der Waals surface area contributed by atoms with Crippen LogP contribution in [0.4, 0.5) is 17.6 Å². The molecule has 0 amide bonds. The van der Waals surface area contributed by atoms with Gasteiger partial charge in [-0.3, -0.25) is 4.79 Å². The van der Waals surface area contributed by atoms with Crippen LogP contribution in [0.15, 0.2) is 18.2 Å². The van der Waals surface area contributed by atoms with E-state index in [-0.39, 0.29) is 24.5 Å². The van der Waals surface area contributed by atoms with Crippen LogP contribution in [0.1, 0.15) is 24.3 Å². The third-order valence-corrected chi connectivity index (χ3v) is 2.55. The number of halogens is 4. The number of hydrogen-bond donors (Lipinski definition) is 0. The van der Waals surface area contributed by atoms with Crippen molar-refractivity contribution in [3.05, 3.63) is 29.6 Å². The maximum atomic E-state index is 13.1. The van der Waals surface area contributed by atoms with Crippen molar-refractivity contribution in [1.29, 1.82) is 0 Å². The van der Waals surface area contributed by atoms with Crippen LogP contribution in [0.25, 0.3) is 0 Å². The smallest absolute Gasteiger partial charge is 0.406 e. The topological polar surface area (TPSA) is 26.3 Å². The molecular weight excluding hydrogens is 240 g/mol. The van der Waals surface area contributed by atoms with Gasteiger partial charge in [-0.25, -0.2) is 4.39 Å². The summed E-state index contributed by atoms with van der Waals surface area (Å²) in [5, 5.41) is 0. The number of ketones is 1.